The topological polar surface area (TPSA) is 52.7 Å². The largest absolute Gasteiger partial charge is 0.335 e. The van der Waals surface area contributed by atoms with Crippen LogP contribution in [0.1, 0.15) is 53.4 Å². The minimum atomic E-state index is -0.253. The lowest BCUT2D eigenvalue weighted by Crippen LogP contribution is -2.56. The van der Waals surface area contributed by atoms with Crippen molar-refractivity contribution in [2.75, 3.05) is 26.2 Å². The van der Waals surface area contributed by atoms with Gasteiger partial charge in [0.05, 0.1) is 0 Å². The molecular weight excluding hydrogens is 314 g/mol. The third-order valence-electron chi connectivity index (χ3n) is 4.92. The van der Waals surface area contributed by atoms with Gasteiger partial charge in [0.25, 0.3) is 5.91 Å². The third-order valence-corrected chi connectivity index (χ3v) is 4.92. The Bertz CT molecular complexity index is 655. The van der Waals surface area contributed by atoms with Gasteiger partial charge in [0.1, 0.15) is 0 Å². The van der Waals surface area contributed by atoms with E-state index in [4.69, 9.17) is 0 Å². The van der Waals surface area contributed by atoms with Crippen LogP contribution in [0, 0.1) is 27.7 Å². The molecule has 0 radical (unpaired) electrons. The minimum Gasteiger partial charge on any atom is -0.335 e. The summed E-state index contributed by atoms with van der Waals surface area (Å²) in [6.45, 7) is 16.3. The number of nitrogens with one attached hydrogen (secondary N) is 1. The van der Waals surface area contributed by atoms with E-state index in [1.807, 2.05) is 53.4 Å². The van der Waals surface area contributed by atoms with Crippen LogP contribution in [0.4, 0.5) is 4.79 Å². The predicted molar refractivity (Wildman–Crippen MR) is 101 cm³/mol. The van der Waals surface area contributed by atoms with E-state index in [9.17, 15) is 9.59 Å². The number of aryl methyl sites for hydroxylation is 2. The highest BCUT2D eigenvalue weighted by atomic mass is 16.2. The Morgan fingerprint density at radius 1 is 0.880 bits per heavy atom. The lowest BCUT2D eigenvalue weighted by Gasteiger charge is -2.36. The van der Waals surface area contributed by atoms with Crippen LogP contribution in [-0.2, 0) is 0 Å². The summed E-state index contributed by atoms with van der Waals surface area (Å²) in [6, 6.07) is 2.08. The van der Waals surface area contributed by atoms with Crippen LogP contribution in [0.25, 0.3) is 0 Å². The molecular formula is C20H31N3O2. The number of piperazine rings is 1. The molecule has 25 heavy (non-hydrogen) atoms. The summed E-state index contributed by atoms with van der Waals surface area (Å²) in [5.41, 5.74) is 4.98. The van der Waals surface area contributed by atoms with Crippen molar-refractivity contribution in [2.45, 2.75) is 54.0 Å². The van der Waals surface area contributed by atoms with Crippen molar-refractivity contribution < 1.29 is 9.59 Å². The fourth-order valence-electron chi connectivity index (χ4n) is 3.21. The van der Waals surface area contributed by atoms with Crippen LogP contribution < -0.4 is 5.32 Å². The van der Waals surface area contributed by atoms with Gasteiger partial charge in [0.2, 0.25) is 0 Å². The van der Waals surface area contributed by atoms with Crippen LogP contribution in [-0.4, -0.2) is 53.5 Å². The van der Waals surface area contributed by atoms with Crippen molar-refractivity contribution in [1.29, 1.82) is 0 Å². The molecule has 1 aromatic rings. The molecule has 0 atom stereocenters. The fourth-order valence-corrected chi connectivity index (χ4v) is 3.21. The first kappa shape index (κ1) is 19.3. The van der Waals surface area contributed by atoms with Crippen LogP contribution in [0.3, 0.4) is 0 Å². The molecule has 0 aliphatic carbocycles. The maximum absolute atomic E-state index is 13.1. The SMILES string of the molecule is Cc1cc(C)c(C)c(C(=O)N2CCN(C(=O)NC(C)(C)C)CC2)c1C. The molecule has 1 aliphatic rings. The fraction of sp³-hybridized carbons (Fsp3) is 0.600. The Hall–Kier alpha value is -2.04. The summed E-state index contributed by atoms with van der Waals surface area (Å²) < 4.78 is 0. The maximum Gasteiger partial charge on any atom is 0.317 e. The number of hydrogen-bond acceptors (Lipinski definition) is 2. The van der Waals surface area contributed by atoms with Crippen molar-refractivity contribution in [3.8, 4) is 0 Å². The van der Waals surface area contributed by atoms with Gasteiger partial charge in [-0.15, -0.1) is 0 Å². The number of benzene rings is 1. The highest BCUT2D eigenvalue weighted by Gasteiger charge is 2.28. The van der Waals surface area contributed by atoms with Crippen molar-refractivity contribution in [3.05, 3.63) is 33.9 Å². The van der Waals surface area contributed by atoms with Crippen molar-refractivity contribution in [3.63, 3.8) is 0 Å². The second kappa shape index (κ2) is 7.06. The van der Waals surface area contributed by atoms with Gasteiger partial charge in [-0.3, -0.25) is 4.79 Å². The van der Waals surface area contributed by atoms with E-state index in [1.54, 1.807) is 4.90 Å². The standard InChI is InChI=1S/C20H31N3O2/c1-13-12-14(2)16(4)17(15(13)3)18(24)22-8-10-23(11-9-22)19(25)21-20(5,6)7/h12H,8-11H2,1-7H3,(H,21,25). The summed E-state index contributed by atoms with van der Waals surface area (Å²) in [5.74, 6) is 0.0812. The monoisotopic (exact) mass is 345 g/mol. The lowest BCUT2D eigenvalue weighted by atomic mass is 9.93. The normalized spacial score (nSPS) is 15.3. The van der Waals surface area contributed by atoms with E-state index in [0.29, 0.717) is 26.2 Å². The van der Waals surface area contributed by atoms with Gasteiger partial charge >= 0.3 is 6.03 Å². The molecule has 0 spiro atoms. The van der Waals surface area contributed by atoms with Crippen LogP contribution in [0.15, 0.2) is 6.07 Å². The first-order chi connectivity index (χ1) is 11.5. The molecule has 5 nitrogen and oxygen atoms in total. The Labute approximate surface area is 151 Å². The molecule has 138 valence electrons. The van der Waals surface area contributed by atoms with Gasteiger partial charge in [0, 0.05) is 37.3 Å². The third kappa shape index (κ3) is 4.33. The van der Waals surface area contributed by atoms with E-state index in [1.165, 1.54) is 0 Å². The van der Waals surface area contributed by atoms with Crippen molar-refractivity contribution in [1.82, 2.24) is 15.1 Å². The number of urea groups is 1. The number of hydrogen-bond donors (Lipinski definition) is 1. The number of nitrogens with zero attached hydrogens (tertiary/aromatic N) is 2. The summed E-state index contributed by atoms with van der Waals surface area (Å²) in [4.78, 5) is 29.0. The van der Waals surface area contributed by atoms with Gasteiger partial charge in [-0.1, -0.05) is 6.07 Å². The van der Waals surface area contributed by atoms with Crippen LogP contribution in [0.5, 0.6) is 0 Å². The molecule has 0 aromatic heterocycles. The molecule has 0 bridgehead atoms. The molecule has 1 heterocycles. The molecule has 1 N–H and O–H groups in total. The zero-order valence-corrected chi connectivity index (χ0v) is 16.6. The zero-order chi connectivity index (χ0) is 18.9. The number of carbonyl (C=O) groups is 2. The Morgan fingerprint density at radius 2 is 1.32 bits per heavy atom. The number of amides is 3. The number of carbonyl (C=O) groups excluding carboxylic acids is 2. The lowest BCUT2D eigenvalue weighted by molar-refractivity contribution is 0.0659. The van der Waals surface area contributed by atoms with E-state index < -0.39 is 0 Å². The molecule has 0 saturated carbocycles. The average Bonchev–Trinajstić information content (AvgIpc) is 2.51. The predicted octanol–water partition coefficient (Wildman–Crippen LogP) is 3.19. The van der Waals surface area contributed by atoms with E-state index in [0.717, 1.165) is 27.8 Å². The van der Waals surface area contributed by atoms with E-state index in [-0.39, 0.29) is 17.5 Å². The highest BCUT2D eigenvalue weighted by molar-refractivity contribution is 5.98. The van der Waals surface area contributed by atoms with Crippen molar-refractivity contribution in [2.24, 2.45) is 0 Å². The summed E-state index contributed by atoms with van der Waals surface area (Å²) >= 11 is 0. The smallest absolute Gasteiger partial charge is 0.317 e. The molecule has 1 aromatic carbocycles. The summed E-state index contributed by atoms with van der Waals surface area (Å²) in [5, 5.41) is 2.98. The first-order valence-electron chi connectivity index (χ1n) is 8.95. The molecule has 1 aliphatic heterocycles. The van der Waals surface area contributed by atoms with Gasteiger partial charge < -0.3 is 15.1 Å². The molecule has 1 saturated heterocycles. The average molecular weight is 345 g/mol. The molecule has 3 amide bonds. The zero-order valence-electron chi connectivity index (χ0n) is 16.6. The quantitative estimate of drug-likeness (QED) is 0.850. The Morgan fingerprint density at radius 3 is 1.76 bits per heavy atom. The van der Waals surface area contributed by atoms with Gasteiger partial charge in [-0.25, -0.2) is 4.79 Å². The molecule has 1 fully saturated rings. The second-order valence-corrected chi connectivity index (χ2v) is 8.09. The number of rotatable bonds is 1. The van der Waals surface area contributed by atoms with E-state index >= 15 is 0 Å². The maximum atomic E-state index is 13.1. The summed E-state index contributed by atoms with van der Waals surface area (Å²) in [6.07, 6.45) is 0. The van der Waals surface area contributed by atoms with Gasteiger partial charge in [0.15, 0.2) is 0 Å². The summed E-state index contributed by atoms with van der Waals surface area (Å²) in [7, 11) is 0. The second-order valence-electron chi connectivity index (χ2n) is 8.09. The molecule has 0 unspecified atom stereocenters. The van der Waals surface area contributed by atoms with Gasteiger partial charge in [-0.2, -0.15) is 0 Å². The molecule has 2 rings (SSSR count). The van der Waals surface area contributed by atoms with E-state index in [2.05, 4.69) is 11.4 Å². The Balaban J connectivity index is 2.09. The Kier molecular flexibility index (Phi) is 5.45. The minimum absolute atomic E-state index is 0.0571. The van der Waals surface area contributed by atoms with Crippen LogP contribution in [0.2, 0.25) is 0 Å². The van der Waals surface area contributed by atoms with Crippen LogP contribution >= 0.6 is 0 Å². The van der Waals surface area contributed by atoms with Crippen molar-refractivity contribution >= 4 is 11.9 Å². The van der Waals surface area contributed by atoms with Gasteiger partial charge in [-0.05, 0) is 70.7 Å². The highest BCUT2D eigenvalue weighted by Crippen LogP contribution is 2.23. The molecule has 5 heteroatoms. The first-order valence-corrected chi connectivity index (χ1v) is 8.95.